The van der Waals surface area contributed by atoms with Crippen LogP contribution in [0.15, 0.2) is 54.6 Å². The molecule has 2 aromatic rings. The third kappa shape index (κ3) is 10.0. The molecular formula is C28H37N5O7. The molecule has 0 aliphatic heterocycles. The Balaban J connectivity index is 2.23. The minimum absolute atomic E-state index is 0.0746. The number of amides is 4. The molecule has 0 radical (unpaired) electrons. The van der Waals surface area contributed by atoms with Crippen LogP contribution in [-0.2, 0) is 36.8 Å². The summed E-state index contributed by atoms with van der Waals surface area (Å²) in [6.45, 7) is 3.49. The molecule has 0 fully saturated rings. The van der Waals surface area contributed by atoms with E-state index in [-0.39, 0.29) is 18.6 Å². The van der Waals surface area contributed by atoms with E-state index >= 15 is 0 Å². The molecule has 2 aromatic carbocycles. The zero-order valence-electron chi connectivity index (χ0n) is 22.5. The molecule has 12 heteroatoms. The Morgan fingerprint density at radius 2 is 1.38 bits per heavy atom. The molecule has 0 aliphatic rings. The summed E-state index contributed by atoms with van der Waals surface area (Å²) < 4.78 is 0. The fraction of sp³-hybridized carbons (Fsp3) is 0.393. The summed E-state index contributed by atoms with van der Waals surface area (Å²) in [7, 11) is 0. The number of carbonyl (C=O) groups is 5. The first-order chi connectivity index (χ1) is 18.9. The van der Waals surface area contributed by atoms with E-state index in [1.54, 1.807) is 56.3 Å². The van der Waals surface area contributed by atoms with E-state index in [0.717, 1.165) is 5.56 Å². The fourth-order valence-corrected chi connectivity index (χ4v) is 3.94. The van der Waals surface area contributed by atoms with Crippen LogP contribution in [0.1, 0.15) is 37.8 Å². The van der Waals surface area contributed by atoms with E-state index < -0.39 is 66.1 Å². The van der Waals surface area contributed by atoms with E-state index in [1.807, 2.05) is 0 Å². The van der Waals surface area contributed by atoms with Gasteiger partial charge in [-0.25, -0.2) is 4.79 Å². The van der Waals surface area contributed by atoms with Gasteiger partial charge in [0.2, 0.25) is 23.6 Å². The lowest BCUT2D eigenvalue weighted by molar-refractivity contribution is -0.144. The molecular weight excluding hydrogens is 518 g/mol. The predicted octanol–water partition coefficient (Wildman–Crippen LogP) is -0.0348. The molecule has 0 heterocycles. The smallest absolute Gasteiger partial charge is 0.326 e. The number of primary amides is 1. The number of carboxylic acids is 1. The van der Waals surface area contributed by atoms with Crippen molar-refractivity contribution >= 4 is 29.6 Å². The van der Waals surface area contributed by atoms with Gasteiger partial charge in [0.05, 0.1) is 12.5 Å². The van der Waals surface area contributed by atoms with E-state index in [1.165, 1.54) is 12.1 Å². The first kappa shape index (κ1) is 31.8. The Morgan fingerprint density at radius 3 is 1.93 bits per heavy atom. The Labute approximate surface area is 232 Å². The van der Waals surface area contributed by atoms with Gasteiger partial charge in [0.1, 0.15) is 23.9 Å². The van der Waals surface area contributed by atoms with Crippen LogP contribution in [0, 0.1) is 5.92 Å². The average Bonchev–Trinajstić information content (AvgIpc) is 2.91. The Kier molecular flexibility index (Phi) is 12.1. The zero-order valence-corrected chi connectivity index (χ0v) is 22.5. The largest absolute Gasteiger partial charge is 0.508 e. The summed E-state index contributed by atoms with van der Waals surface area (Å²) in [5, 5.41) is 26.4. The van der Waals surface area contributed by atoms with Crippen LogP contribution in [0.5, 0.6) is 5.75 Å². The van der Waals surface area contributed by atoms with Crippen LogP contribution in [0.4, 0.5) is 0 Å². The second kappa shape index (κ2) is 15.2. The van der Waals surface area contributed by atoms with Crippen LogP contribution in [-0.4, -0.2) is 64.0 Å². The molecule has 9 N–H and O–H groups in total. The van der Waals surface area contributed by atoms with E-state index in [0.29, 0.717) is 12.0 Å². The number of aromatic hydroxyl groups is 1. The zero-order chi connectivity index (χ0) is 29.8. The van der Waals surface area contributed by atoms with Crippen molar-refractivity contribution in [2.45, 2.75) is 63.7 Å². The van der Waals surface area contributed by atoms with Crippen molar-refractivity contribution in [1.29, 1.82) is 0 Å². The maximum absolute atomic E-state index is 13.5. The molecule has 0 saturated heterocycles. The number of benzene rings is 2. The number of phenolic OH excluding ortho intramolecular Hbond substituents is 1. The minimum Gasteiger partial charge on any atom is -0.508 e. The number of carbonyl (C=O) groups excluding carboxylic acids is 4. The summed E-state index contributed by atoms with van der Waals surface area (Å²) in [6.07, 6.45) is 0.0890. The second-order valence-electron chi connectivity index (χ2n) is 9.67. The quantitative estimate of drug-likeness (QED) is 0.158. The lowest BCUT2D eigenvalue weighted by Crippen LogP contribution is -2.59. The van der Waals surface area contributed by atoms with E-state index in [4.69, 9.17) is 11.5 Å². The normalized spacial score (nSPS) is 14.6. The van der Waals surface area contributed by atoms with Crippen molar-refractivity contribution in [2.24, 2.45) is 17.4 Å². The summed E-state index contributed by atoms with van der Waals surface area (Å²) in [4.78, 5) is 62.3. The highest BCUT2D eigenvalue weighted by molar-refractivity contribution is 5.95. The lowest BCUT2D eigenvalue weighted by Gasteiger charge is -2.28. The first-order valence-electron chi connectivity index (χ1n) is 12.9. The van der Waals surface area contributed by atoms with Gasteiger partial charge < -0.3 is 37.6 Å². The molecule has 2 rings (SSSR count). The monoisotopic (exact) mass is 555 g/mol. The van der Waals surface area contributed by atoms with Gasteiger partial charge in [-0.3, -0.25) is 19.2 Å². The van der Waals surface area contributed by atoms with Crippen molar-refractivity contribution in [3.05, 3.63) is 65.7 Å². The SMILES string of the molecule is CCC(C)C(NC(=O)C(Cc1ccccc1)NC(=O)C(N)Cc1ccc(O)cc1)C(=O)NC(CC(N)=O)C(=O)O. The number of hydrogen-bond donors (Lipinski definition) is 7. The van der Waals surface area contributed by atoms with Gasteiger partial charge in [-0.05, 0) is 35.6 Å². The standard InChI is InChI=1S/C28H37N5O7/c1-3-16(2)24(27(38)32-22(28(39)40)15-23(30)35)33-26(37)21(14-17-7-5-4-6-8-17)31-25(36)20(29)13-18-9-11-19(34)12-10-18/h4-12,16,20-22,24,34H,3,13-15,29H2,1-2H3,(H2,30,35)(H,31,36)(H,32,38)(H,33,37)(H,39,40). The van der Waals surface area contributed by atoms with Crippen molar-refractivity contribution in [1.82, 2.24) is 16.0 Å². The van der Waals surface area contributed by atoms with Gasteiger partial charge in [-0.2, -0.15) is 0 Å². The Morgan fingerprint density at radius 1 is 0.800 bits per heavy atom. The topological polar surface area (TPSA) is 214 Å². The average molecular weight is 556 g/mol. The maximum atomic E-state index is 13.5. The molecule has 40 heavy (non-hydrogen) atoms. The van der Waals surface area contributed by atoms with Gasteiger partial charge in [0.25, 0.3) is 0 Å². The van der Waals surface area contributed by atoms with Gasteiger partial charge in [-0.15, -0.1) is 0 Å². The minimum atomic E-state index is -1.56. The van der Waals surface area contributed by atoms with Crippen molar-refractivity contribution < 1.29 is 34.2 Å². The van der Waals surface area contributed by atoms with Gasteiger partial charge in [-0.1, -0.05) is 62.7 Å². The van der Waals surface area contributed by atoms with Crippen LogP contribution < -0.4 is 27.4 Å². The molecule has 0 saturated carbocycles. The van der Waals surface area contributed by atoms with E-state index in [2.05, 4.69) is 16.0 Å². The Bertz CT molecular complexity index is 1170. The van der Waals surface area contributed by atoms with Gasteiger partial charge in [0.15, 0.2) is 0 Å². The molecule has 0 spiro atoms. The molecule has 0 aliphatic carbocycles. The summed E-state index contributed by atoms with van der Waals surface area (Å²) in [5.41, 5.74) is 12.7. The van der Waals surface area contributed by atoms with Crippen LogP contribution in [0.2, 0.25) is 0 Å². The van der Waals surface area contributed by atoms with Gasteiger partial charge in [0, 0.05) is 6.42 Å². The summed E-state index contributed by atoms with van der Waals surface area (Å²) in [5.74, 6) is -4.77. The van der Waals surface area contributed by atoms with Crippen LogP contribution in [0.25, 0.3) is 0 Å². The predicted molar refractivity (Wildman–Crippen MR) is 147 cm³/mol. The highest BCUT2D eigenvalue weighted by Crippen LogP contribution is 2.13. The van der Waals surface area contributed by atoms with Crippen LogP contribution >= 0.6 is 0 Å². The maximum Gasteiger partial charge on any atom is 0.326 e. The molecule has 0 aromatic heterocycles. The summed E-state index contributed by atoms with van der Waals surface area (Å²) >= 11 is 0. The molecule has 5 atom stereocenters. The van der Waals surface area contributed by atoms with Gasteiger partial charge >= 0.3 is 5.97 Å². The number of nitrogens with two attached hydrogens (primary N) is 2. The van der Waals surface area contributed by atoms with Crippen LogP contribution in [0.3, 0.4) is 0 Å². The summed E-state index contributed by atoms with van der Waals surface area (Å²) in [6, 6.07) is 10.3. The molecule has 0 bridgehead atoms. The molecule has 4 amide bonds. The van der Waals surface area contributed by atoms with Crippen molar-refractivity contribution in [3.63, 3.8) is 0 Å². The molecule has 216 valence electrons. The third-order valence-corrected chi connectivity index (χ3v) is 6.46. The highest BCUT2D eigenvalue weighted by atomic mass is 16.4. The number of nitrogens with one attached hydrogen (secondary N) is 3. The van der Waals surface area contributed by atoms with Crippen molar-refractivity contribution in [2.75, 3.05) is 0 Å². The number of carboxylic acid groups (broad SMARTS) is 1. The Hall–Kier alpha value is -4.45. The number of rotatable bonds is 15. The second-order valence-corrected chi connectivity index (χ2v) is 9.67. The third-order valence-electron chi connectivity index (χ3n) is 6.46. The molecule has 12 nitrogen and oxygen atoms in total. The highest BCUT2D eigenvalue weighted by Gasteiger charge is 2.33. The molecule has 5 unspecified atom stereocenters. The lowest BCUT2D eigenvalue weighted by atomic mass is 9.96. The fourth-order valence-electron chi connectivity index (χ4n) is 3.94. The first-order valence-corrected chi connectivity index (χ1v) is 12.9. The van der Waals surface area contributed by atoms with E-state index in [9.17, 15) is 34.2 Å². The van der Waals surface area contributed by atoms with Crippen molar-refractivity contribution in [3.8, 4) is 5.75 Å². The number of hydrogen-bond acceptors (Lipinski definition) is 7. The number of aliphatic carboxylic acids is 1. The number of phenols is 1.